The topological polar surface area (TPSA) is 110 Å². The molecular weight excluding hydrogens is 278 g/mol. The fourth-order valence-corrected chi connectivity index (χ4v) is 3.85. The zero-order valence-electron chi connectivity index (χ0n) is 11.8. The Morgan fingerprint density at radius 3 is 2.65 bits per heavy atom. The summed E-state index contributed by atoms with van der Waals surface area (Å²) in [6.45, 7) is 3.98. The highest BCUT2D eigenvalue weighted by Crippen LogP contribution is 2.20. The van der Waals surface area contributed by atoms with Gasteiger partial charge in [-0.15, -0.1) is 0 Å². The fraction of sp³-hybridized carbons (Fsp3) is 0.667. The van der Waals surface area contributed by atoms with Gasteiger partial charge in [0.05, 0.1) is 11.5 Å². The molecule has 1 fully saturated rings. The van der Waals surface area contributed by atoms with Crippen LogP contribution in [0.5, 0.6) is 0 Å². The van der Waals surface area contributed by atoms with Crippen LogP contribution < -0.4 is 16.6 Å². The lowest BCUT2D eigenvalue weighted by atomic mass is 10.2. The second-order valence-corrected chi connectivity index (χ2v) is 7.62. The molecule has 1 aromatic rings. The molecule has 1 aliphatic heterocycles. The van der Waals surface area contributed by atoms with E-state index in [0.717, 1.165) is 6.42 Å². The van der Waals surface area contributed by atoms with Crippen molar-refractivity contribution in [1.82, 2.24) is 9.97 Å². The van der Waals surface area contributed by atoms with Crippen LogP contribution in [-0.4, -0.2) is 35.9 Å². The molecule has 0 spiro atoms. The third kappa shape index (κ3) is 3.80. The van der Waals surface area contributed by atoms with Crippen molar-refractivity contribution in [2.24, 2.45) is 5.84 Å². The molecule has 1 aliphatic rings. The second-order valence-electron chi connectivity index (χ2n) is 5.39. The Bertz CT molecular complexity index is 573. The van der Waals surface area contributed by atoms with Crippen LogP contribution in [0.1, 0.15) is 38.4 Å². The number of hydrogen-bond donors (Lipinski definition) is 3. The molecule has 112 valence electrons. The Morgan fingerprint density at radius 2 is 2.05 bits per heavy atom. The number of rotatable bonds is 4. The van der Waals surface area contributed by atoms with Gasteiger partial charge in [0, 0.05) is 18.0 Å². The first-order valence-electron chi connectivity index (χ1n) is 6.72. The molecule has 20 heavy (non-hydrogen) atoms. The maximum absolute atomic E-state index is 11.6. The number of nitrogens with one attached hydrogen (secondary N) is 2. The molecule has 8 heteroatoms. The van der Waals surface area contributed by atoms with Crippen LogP contribution in [0.4, 0.5) is 11.6 Å². The average Bonchev–Trinajstić information content (AvgIpc) is 2.37. The van der Waals surface area contributed by atoms with Gasteiger partial charge in [0.15, 0.2) is 9.84 Å². The monoisotopic (exact) mass is 299 g/mol. The molecule has 0 amide bonds. The van der Waals surface area contributed by atoms with Gasteiger partial charge < -0.3 is 10.7 Å². The third-order valence-corrected chi connectivity index (χ3v) is 5.04. The van der Waals surface area contributed by atoms with E-state index in [0.29, 0.717) is 23.9 Å². The lowest BCUT2D eigenvalue weighted by Gasteiger charge is -2.24. The number of aromatic nitrogens is 2. The van der Waals surface area contributed by atoms with Crippen molar-refractivity contribution in [3.05, 3.63) is 11.9 Å². The van der Waals surface area contributed by atoms with E-state index in [1.165, 1.54) is 0 Å². The number of hydrazine groups is 1. The summed E-state index contributed by atoms with van der Waals surface area (Å²) in [5.41, 5.74) is 2.51. The summed E-state index contributed by atoms with van der Waals surface area (Å²) in [7, 11) is -2.94. The van der Waals surface area contributed by atoms with E-state index in [-0.39, 0.29) is 23.5 Å². The van der Waals surface area contributed by atoms with Crippen molar-refractivity contribution in [1.29, 1.82) is 0 Å². The van der Waals surface area contributed by atoms with Crippen LogP contribution in [0.15, 0.2) is 6.07 Å². The molecule has 0 saturated carbocycles. The first kappa shape index (κ1) is 15.0. The highest BCUT2D eigenvalue weighted by molar-refractivity contribution is 7.91. The van der Waals surface area contributed by atoms with E-state index in [2.05, 4.69) is 20.7 Å². The predicted octanol–water partition coefficient (Wildman–Crippen LogP) is 0.875. The number of nitrogens with two attached hydrogens (primary N) is 1. The molecular formula is C12H21N5O2S. The molecule has 2 rings (SSSR count). The number of nitrogen functional groups attached to an aromatic ring is 1. The van der Waals surface area contributed by atoms with E-state index >= 15 is 0 Å². The number of nitrogens with zero attached hydrogens (tertiary/aromatic N) is 2. The van der Waals surface area contributed by atoms with Crippen molar-refractivity contribution < 1.29 is 8.42 Å². The summed E-state index contributed by atoms with van der Waals surface area (Å²) < 4.78 is 23.3. The van der Waals surface area contributed by atoms with Crippen LogP contribution in [0, 0.1) is 0 Å². The van der Waals surface area contributed by atoms with Gasteiger partial charge in [0.1, 0.15) is 17.5 Å². The summed E-state index contributed by atoms with van der Waals surface area (Å²) in [6, 6.07) is 1.59. The largest absolute Gasteiger partial charge is 0.366 e. The molecule has 7 nitrogen and oxygen atoms in total. The Balaban J connectivity index is 2.18. The quantitative estimate of drug-likeness (QED) is 0.559. The first-order valence-corrected chi connectivity index (χ1v) is 8.54. The smallest absolute Gasteiger partial charge is 0.152 e. The minimum atomic E-state index is -2.94. The zero-order chi connectivity index (χ0) is 14.8. The van der Waals surface area contributed by atoms with Gasteiger partial charge in [0.2, 0.25) is 0 Å². The van der Waals surface area contributed by atoms with Gasteiger partial charge in [-0.25, -0.2) is 24.2 Å². The minimum Gasteiger partial charge on any atom is -0.366 e. The lowest BCUT2D eigenvalue weighted by Crippen LogP contribution is -2.35. The van der Waals surface area contributed by atoms with Crippen molar-refractivity contribution in [2.75, 3.05) is 22.2 Å². The van der Waals surface area contributed by atoms with Crippen molar-refractivity contribution in [3.63, 3.8) is 0 Å². The summed E-state index contributed by atoms with van der Waals surface area (Å²) >= 11 is 0. The standard InChI is InChI=1S/C12H21N5O2S/c1-8(2)12-15-10(6-11(16-12)17-13)14-9-4-3-5-20(18,19)7-9/h6,8-9H,3-5,7,13H2,1-2H3,(H2,14,15,16,17). The van der Waals surface area contributed by atoms with Gasteiger partial charge in [-0.3, -0.25) is 0 Å². The van der Waals surface area contributed by atoms with Gasteiger partial charge in [-0.2, -0.15) is 0 Å². The van der Waals surface area contributed by atoms with Crippen LogP contribution >= 0.6 is 0 Å². The Labute approximate surface area is 119 Å². The minimum absolute atomic E-state index is 0.103. The number of sulfone groups is 1. The van der Waals surface area contributed by atoms with Gasteiger partial charge in [0.25, 0.3) is 0 Å². The third-order valence-electron chi connectivity index (χ3n) is 3.22. The van der Waals surface area contributed by atoms with E-state index in [1.807, 2.05) is 13.8 Å². The maximum Gasteiger partial charge on any atom is 0.152 e. The summed E-state index contributed by atoms with van der Waals surface area (Å²) in [5.74, 6) is 7.79. The maximum atomic E-state index is 11.6. The van der Waals surface area contributed by atoms with Gasteiger partial charge in [-0.05, 0) is 12.8 Å². The molecule has 1 unspecified atom stereocenters. The molecule has 1 aromatic heterocycles. The first-order chi connectivity index (χ1) is 9.39. The van der Waals surface area contributed by atoms with Gasteiger partial charge in [-0.1, -0.05) is 13.8 Å². The van der Waals surface area contributed by atoms with Crippen LogP contribution in [-0.2, 0) is 9.84 Å². The van der Waals surface area contributed by atoms with Crippen molar-refractivity contribution >= 4 is 21.5 Å². The van der Waals surface area contributed by atoms with Crippen LogP contribution in [0.25, 0.3) is 0 Å². The van der Waals surface area contributed by atoms with Gasteiger partial charge >= 0.3 is 0 Å². The Hall–Kier alpha value is -1.41. The Morgan fingerprint density at radius 1 is 1.35 bits per heavy atom. The molecule has 1 atom stereocenters. The summed E-state index contributed by atoms with van der Waals surface area (Å²) in [5, 5.41) is 3.18. The van der Waals surface area contributed by atoms with E-state index in [9.17, 15) is 8.42 Å². The van der Waals surface area contributed by atoms with E-state index in [1.54, 1.807) is 6.07 Å². The predicted molar refractivity (Wildman–Crippen MR) is 79.2 cm³/mol. The summed E-state index contributed by atoms with van der Waals surface area (Å²) in [4.78, 5) is 8.68. The molecule has 0 aromatic carbocycles. The van der Waals surface area contributed by atoms with E-state index < -0.39 is 9.84 Å². The van der Waals surface area contributed by atoms with Crippen molar-refractivity contribution in [2.45, 2.75) is 38.6 Å². The highest BCUT2D eigenvalue weighted by atomic mass is 32.2. The number of hydrogen-bond acceptors (Lipinski definition) is 7. The van der Waals surface area contributed by atoms with Crippen LogP contribution in [0.2, 0.25) is 0 Å². The SMILES string of the molecule is CC(C)c1nc(NN)cc(NC2CCCS(=O)(=O)C2)n1. The fourth-order valence-electron chi connectivity index (χ4n) is 2.22. The highest BCUT2D eigenvalue weighted by Gasteiger charge is 2.25. The van der Waals surface area contributed by atoms with Crippen LogP contribution in [0.3, 0.4) is 0 Å². The lowest BCUT2D eigenvalue weighted by molar-refractivity contribution is 0.561. The number of anilines is 2. The molecule has 0 radical (unpaired) electrons. The van der Waals surface area contributed by atoms with Crippen molar-refractivity contribution in [3.8, 4) is 0 Å². The average molecular weight is 299 g/mol. The molecule has 0 aliphatic carbocycles. The molecule has 1 saturated heterocycles. The molecule has 2 heterocycles. The molecule has 0 bridgehead atoms. The Kier molecular flexibility index (Phi) is 4.44. The zero-order valence-corrected chi connectivity index (χ0v) is 12.6. The normalized spacial score (nSPS) is 21.7. The molecule has 4 N–H and O–H groups in total. The van der Waals surface area contributed by atoms with E-state index in [4.69, 9.17) is 5.84 Å². The second kappa shape index (κ2) is 5.92. The summed E-state index contributed by atoms with van der Waals surface area (Å²) in [6.07, 6.45) is 1.51.